The number of allylic oxidation sites excluding steroid dienone is 1. The SMILES string of the molecule is O=S(=O)(O)O.[CH2]COc1ccccc1CC=C. The van der Waals surface area contributed by atoms with Crippen LogP contribution in [0.2, 0.25) is 0 Å². The van der Waals surface area contributed by atoms with Gasteiger partial charge in [-0.25, -0.2) is 0 Å². The van der Waals surface area contributed by atoms with Crippen LogP contribution in [0.25, 0.3) is 0 Å². The summed E-state index contributed by atoms with van der Waals surface area (Å²) >= 11 is 0. The lowest BCUT2D eigenvalue weighted by Crippen LogP contribution is -1.95. The second-order valence-electron chi connectivity index (χ2n) is 2.90. The molecule has 5 nitrogen and oxygen atoms in total. The first-order chi connectivity index (χ1) is 7.88. The Morgan fingerprint density at radius 3 is 2.29 bits per heavy atom. The molecule has 95 valence electrons. The molecule has 0 saturated carbocycles. The Bertz CT molecular complexity index is 431. The van der Waals surface area contributed by atoms with Gasteiger partial charge < -0.3 is 4.74 Å². The minimum absolute atomic E-state index is 0.466. The molecule has 17 heavy (non-hydrogen) atoms. The largest absolute Gasteiger partial charge is 0.493 e. The number of ether oxygens (including phenoxy) is 1. The third-order valence-electron chi connectivity index (χ3n) is 1.59. The molecule has 1 rings (SSSR count). The maximum Gasteiger partial charge on any atom is 0.394 e. The Hall–Kier alpha value is -1.37. The smallest absolute Gasteiger partial charge is 0.394 e. The van der Waals surface area contributed by atoms with E-state index in [9.17, 15) is 0 Å². The van der Waals surface area contributed by atoms with Gasteiger partial charge in [-0.3, -0.25) is 9.11 Å². The summed E-state index contributed by atoms with van der Waals surface area (Å²) in [7, 11) is -4.67. The Kier molecular flexibility index (Phi) is 7.20. The molecule has 1 radical (unpaired) electrons. The zero-order valence-electron chi connectivity index (χ0n) is 9.24. The van der Waals surface area contributed by atoms with E-state index >= 15 is 0 Å². The summed E-state index contributed by atoms with van der Waals surface area (Å²) < 4.78 is 36.9. The highest BCUT2D eigenvalue weighted by atomic mass is 32.3. The maximum atomic E-state index is 8.74. The molecule has 0 unspecified atom stereocenters. The molecule has 6 heteroatoms. The third kappa shape index (κ3) is 9.55. The fraction of sp³-hybridized carbons (Fsp3) is 0.182. The molecular formula is C11H15O5S. The molecular weight excluding hydrogens is 244 g/mol. The van der Waals surface area contributed by atoms with Crippen LogP contribution in [-0.4, -0.2) is 24.1 Å². The molecule has 0 aliphatic carbocycles. The fourth-order valence-electron chi connectivity index (χ4n) is 1.08. The van der Waals surface area contributed by atoms with Crippen molar-refractivity contribution in [2.75, 3.05) is 6.61 Å². The summed E-state index contributed by atoms with van der Waals surface area (Å²) in [5, 5.41) is 0. The van der Waals surface area contributed by atoms with Crippen molar-refractivity contribution >= 4 is 10.4 Å². The summed E-state index contributed by atoms with van der Waals surface area (Å²) in [4.78, 5) is 0. The molecule has 0 fully saturated rings. The fourth-order valence-corrected chi connectivity index (χ4v) is 1.08. The first-order valence-electron chi connectivity index (χ1n) is 4.69. The quantitative estimate of drug-likeness (QED) is 0.638. The van der Waals surface area contributed by atoms with E-state index in [2.05, 4.69) is 13.5 Å². The molecule has 0 aromatic heterocycles. The lowest BCUT2D eigenvalue weighted by molar-refractivity contribution is 0.358. The van der Waals surface area contributed by atoms with Crippen molar-refractivity contribution in [2.45, 2.75) is 6.42 Å². The van der Waals surface area contributed by atoms with Gasteiger partial charge in [0.05, 0.1) is 6.61 Å². The maximum absolute atomic E-state index is 8.74. The van der Waals surface area contributed by atoms with E-state index in [1.165, 1.54) is 0 Å². The third-order valence-corrected chi connectivity index (χ3v) is 1.59. The normalized spacial score (nSPS) is 10.1. The van der Waals surface area contributed by atoms with Crippen molar-refractivity contribution < 1.29 is 22.3 Å². The van der Waals surface area contributed by atoms with Crippen molar-refractivity contribution in [3.63, 3.8) is 0 Å². The predicted octanol–water partition coefficient (Wildman–Crippen LogP) is 1.98. The second-order valence-corrected chi connectivity index (χ2v) is 3.79. The van der Waals surface area contributed by atoms with Gasteiger partial charge >= 0.3 is 10.4 Å². The van der Waals surface area contributed by atoms with Crippen molar-refractivity contribution in [1.82, 2.24) is 0 Å². The van der Waals surface area contributed by atoms with Gasteiger partial charge in [0, 0.05) is 0 Å². The number of hydrogen-bond acceptors (Lipinski definition) is 3. The van der Waals surface area contributed by atoms with Crippen molar-refractivity contribution in [3.8, 4) is 5.75 Å². The van der Waals surface area contributed by atoms with E-state index in [4.69, 9.17) is 22.3 Å². The average molecular weight is 259 g/mol. The van der Waals surface area contributed by atoms with Crippen molar-refractivity contribution in [3.05, 3.63) is 49.4 Å². The highest BCUT2D eigenvalue weighted by Gasteiger charge is 1.98. The van der Waals surface area contributed by atoms with Crippen LogP contribution in [-0.2, 0) is 16.8 Å². The first kappa shape index (κ1) is 15.6. The van der Waals surface area contributed by atoms with Gasteiger partial charge in [0.1, 0.15) is 5.75 Å². The first-order valence-corrected chi connectivity index (χ1v) is 6.09. The molecule has 0 bridgehead atoms. The van der Waals surface area contributed by atoms with E-state index in [1.807, 2.05) is 30.3 Å². The van der Waals surface area contributed by atoms with Gasteiger partial charge in [0.2, 0.25) is 0 Å². The molecule has 0 aliphatic heterocycles. The molecule has 0 amide bonds. The highest BCUT2D eigenvalue weighted by Crippen LogP contribution is 2.18. The second kappa shape index (κ2) is 7.83. The molecule has 0 spiro atoms. The van der Waals surface area contributed by atoms with Crippen LogP contribution >= 0.6 is 0 Å². The Labute approximate surface area is 101 Å². The van der Waals surface area contributed by atoms with Crippen LogP contribution in [0.3, 0.4) is 0 Å². The number of hydrogen-bond donors (Lipinski definition) is 2. The molecule has 1 aromatic rings. The van der Waals surface area contributed by atoms with Crippen LogP contribution in [0, 0.1) is 6.92 Å². The zero-order valence-corrected chi connectivity index (χ0v) is 10.1. The van der Waals surface area contributed by atoms with E-state index in [-0.39, 0.29) is 0 Å². The minimum atomic E-state index is -4.67. The van der Waals surface area contributed by atoms with Crippen molar-refractivity contribution in [1.29, 1.82) is 0 Å². The molecule has 0 aliphatic rings. The van der Waals surface area contributed by atoms with Gasteiger partial charge in [0.15, 0.2) is 0 Å². The van der Waals surface area contributed by atoms with Crippen molar-refractivity contribution in [2.24, 2.45) is 0 Å². The Morgan fingerprint density at radius 1 is 1.29 bits per heavy atom. The number of para-hydroxylation sites is 1. The van der Waals surface area contributed by atoms with Gasteiger partial charge in [-0.15, -0.1) is 6.58 Å². The molecule has 0 atom stereocenters. The van der Waals surface area contributed by atoms with Crippen LogP contribution in [0.4, 0.5) is 0 Å². The Morgan fingerprint density at radius 2 is 1.82 bits per heavy atom. The summed E-state index contributed by atoms with van der Waals surface area (Å²) in [5.41, 5.74) is 1.16. The summed E-state index contributed by atoms with van der Waals surface area (Å²) in [6.07, 6.45) is 2.71. The van der Waals surface area contributed by atoms with Gasteiger partial charge in [0.25, 0.3) is 0 Å². The standard InChI is InChI=1S/C11H13O.H2O4S/c1-3-7-10-8-5-6-9-11(10)12-4-2;1-5(2,3)4/h3,5-6,8-9H,1-2,4,7H2;(H2,1,2,3,4). The van der Waals surface area contributed by atoms with Gasteiger partial charge in [-0.1, -0.05) is 24.3 Å². The molecule has 1 aromatic carbocycles. The summed E-state index contributed by atoms with van der Waals surface area (Å²) in [6.45, 7) is 7.79. The lowest BCUT2D eigenvalue weighted by atomic mass is 10.1. The van der Waals surface area contributed by atoms with E-state index in [0.717, 1.165) is 17.7 Å². The summed E-state index contributed by atoms with van der Waals surface area (Å²) in [6, 6.07) is 7.93. The topological polar surface area (TPSA) is 83.8 Å². The highest BCUT2D eigenvalue weighted by molar-refractivity contribution is 7.79. The lowest BCUT2D eigenvalue weighted by Gasteiger charge is -2.07. The minimum Gasteiger partial charge on any atom is -0.493 e. The Balaban J connectivity index is 0.000000437. The van der Waals surface area contributed by atoms with E-state index in [1.54, 1.807) is 0 Å². The molecule has 0 saturated heterocycles. The van der Waals surface area contributed by atoms with Crippen LogP contribution in [0.15, 0.2) is 36.9 Å². The van der Waals surface area contributed by atoms with Crippen LogP contribution < -0.4 is 4.74 Å². The van der Waals surface area contributed by atoms with E-state index < -0.39 is 10.4 Å². The van der Waals surface area contributed by atoms with Crippen LogP contribution in [0.1, 0.15) is 5.56 Å². The number of benzene rings is 1. The predicted molar refractivity (Wildman–Crippen MR) is 65.4 cm³/mol. The monoisotopic (exact) mass is 259 g/mol. The molecule has 0 heterocycles. The molecule has 2 N–H and O–H groups in total. The number of rotatable bonds is 4. The van der Waals surface area contributed by atoms with Gasteiger partial charge in [-0.2, -0.15) is 8.42 Å². The summed E-state index contributed by atoms with van der Waals surface area (Å²) in [5.74, 6) is 0.910. The average Bonchev–Trinajstić information content (AvgIpc) is 2.19. The van der Waals surface area contributed by atoms with E-state index in [0.29, 0.717) is 6.61 Å². The zero-order chi connectivity index (χ0) is 13.3. The van der Waals surface area contributed by atoms with Crippen LogP contribution in [0.5, 0.6) is 5.75 Å². The van der Waals surface area contributed by atoms with Gasteiger partial charge in [-0.05, 0) is 25.0 Å².